The van der Waals surface area contributed by atoms with Crippen LogP contribution in [-0.4, -0.2) is 44.4 Å². The highest BCUT2D eigenvalue weighted by atomic mass is 32.2. The minimum Gasteiger partial charge on any atom is -0.507 e. The molecule has 0 aliphatic heterocycles. The van der Waals surface area contributed by atoms with Crippen molar-refractivity contribution in [3.8, 4) is 56.5 Å². The number of methoxy groups -OCH3 is 2. The third-order valence-corrected chi connectivity index (χ3v) is 12.8. The van der Waals surface area contributed by atoms with Gasteiger partial charge < -0.3 is 38.7 Å². The summed E-state index contributed by atoms with van der Waals surface area (Å²) in [5.41, 5.74) is 0.427. The number of phenolic OH excluding ortho intramolecular Hbond substituents is 4. The monoisotopic (exact) mass is 976 g/mol. The molecule has 1 unspecified atom stereocenters. The lowest BCUT2D eigenvalue weighted by Crippen LogP contribution is -2.16. The van der Waals surface area contributed by atoms with Gasteiger partial charge in [0.05, 0.1) is 19.1 Å². The number of allylic oxidation sites excluding steroid dienone is 8. The molecule has 0 saturated heterocycles. The van der Waals surface area contributed by atoms with E-state index in [0.717, 1.165) is 44.9 Å². The summed E-state index contributed by atoms with van der Waals surface area (Å²) in [7, 11) is -0.592. The van der Waals surface area contributed by atoms with Crippen molar-refractivity contribution >= 4 is 44.1 Å². The molecule has 4 N–H and O–H groups in total. The van der Waals surface area contributed by atoms with Crippen LogP contribution in [-0.2, 0) is 36.5 Å². The van der Waals surface area contributed by atoms with Crippen LogP contribution in [0.25, 0.3) is 43.9 Å². The summed E-state index contributed by atoms with van der Waals surface area (Å²) >= 11 is 1.44. The third kappa shape index (κ3) is 11.2. The van der Waals surface area contributed by atoms with Crippen molar-refractivity contribution in [2.45, 2.75) is 98.4 Å². The molecule has 6 aromatic rings. The number of halogens is 3. The molecule has 3 heterocycles. The van der Waals surface area contributed by atoms with E-state index in [9.17, 15) is 47.4 Å². The molecule has 362 valence electrons. The van der Waals surface area contributed by atoms with Crippen LogP contribution in [0.2, 0.25) is 0 Å². The minimum absolute atomic E-state index is 0.0287. The Balaban J connectivity index is 0.000000258. The topological polar surface area (TPSA) is 177 Å². The maximum Gasteiger partial charge on any atom is 0.475 e. The Labute approximate surface area is 398 Å². The number of aryl methyl sites for hydroxylation is 1. The van der Waals surface area contributed by atoms with E-state index in [-0.39, 0.29) is 86.0 Å². The molecule has 0 radical (unpaired) electrons. The van der Waals surface area contributed by atoms with Gasteiger partial charge in [0.25, 0.3) is 0 Å². The number of aromatic hydroxyl groups is 4. The third-order valence-electron chi connectivity index (χ3n) is 10.6. The first kappa shape index (κ1) is 52.4. The van der Waals surface area contributed by atoms with Gasteiger partial charge >= 0.3 is 5.51 Å². The summed E-state index contributed by atoms with van der Waals surface area (Å²) in [5.74, 6) is -1.05. The van der Waals surface area contributed by atoms with Crippen molar-refractivity contribution in [2.75, 3.05) is 14.2 Å². The second-order valence-corrected chi connectivity index (χ2v) is 19.4. The maximum absolute atomic E-state index is 13.5. The molecule has 68 heavy (non-hydrogen) atoms. The maximum atomic E-state index is 13.5. The van der Waals surface area contributed by atoms with Crippen LogP contribution in [0.1, 0.15) is 83.2 Å². The van der Waals surface area contributed by atoms with Crippen molar-refractivity contribution in [3.63, 3.8) is 0 Å². The fraction of sp³-hybridized carbons (Fsp3) is 0.308. The van der Waals surface area contributed by atoms with Crippen LogP contribution in [0.3, 0.4) is 0 Å². The normalized spacial score (nSPS) is 11.7. The number of fused-ring (bicyclic) bond motifs is 2. The first-order valence-electron chi connectivity index (χ1n) is 21.3. The lowest BCUT2D eigenvalue weighted by Gasteiger charge is -2.16. The highest BCUT2D eigenvalue weighted by Crippen LogP contribution is 2.45. The number of phenols is 4. The van der Waals surface area contributed by atoms with Crippen molar-refractivity contribution in [3.05, 3.63) is 131 Å². The number of ether oxygens (including phenoxy) is 2. The quantitative estimate of drug-likeness (QED) is 0.0810. The highest BCUT2D eigenvalue weighted by Gasteiger charge is 2.38. The van der Waals surface area contributed by atoms with Crippen molar-refractivity contribution in [2.24, 2.45) is 0 Å². The molecule has 11 nitrogen and oxygen atoms in total. The van der Waals surface area contributed by atoms with Gasteiger partial charge in [0, 0.05) is 32.7 Å². The van der Waals surface area contributed by atoms with E-state index in [1.54, 1.807) is 6.08 Å². The zero-order valence-electron chi connectivity index (χ0n) is 39.7. The molecule has 0 amide bonds. The van der Waals surface area contributed by atoms with Gasteiger partial charge in [-0.25, -0.2) is 4.21 Å². The number of hydrogen-bond donors (Lipinski definition) is 4. The van der Waals surface area contributed by atoms with E-state index >= 15 is 0 Å². The molecule has 6 rings (SSSR count). The van der Waals surface area contributed by atoms with Crippen molar-refractivity contribution in [1.29, 1.82) is 0 Å². The largest absolute Gasteiger partial charge is 0.507 e. The lowest BCUT2D eigenvalue weighted by molar-refractivity contribution is -0.0384. The van der Waals surface area contributed by atoms with E-state index in [1.807, 2.05) is 92.0 Å². The fourth-order valence-corrected chi connectivity index (χ4v) is 8.65. The number of alkyl halides is 3. The van der Waals surface area contributed by atoms with Crippen LogP contribution < -0.4 is 20.3 Å². The van der Waals surface area contributed by atoms with Crippen molar-refractivity contribution in [1.82, 2.24) is 0 Å². The van der Waals surface area contributed by atoms with E-state index in [4.69, 9.17) is 18.3 Å². The van der Waals surface area contributed by atoms with Gasteiger partial charge in [0.15, 0.2) is 22.3 Å². The van der Waals surface area contributed by atoms with Crippen LogP contribution >= 0.6 is 11.3 Å². The molecule has 16 heteroatoms. The van der Waals surface area contributed by atoms with Crippen LogP contribution in [0.5, 0.6) is 34.5 Å². The standard InChI is InChI=1S/C27H27F3O6S.C25H28O5S/c1-14(2)6-12-18-21(31)19(13-7-15(3)4)25-20(22(18)32)23(33)26(35-5)24(36-25)16-8-10-17(11-9-16)37(34)27(28,29)30;1-13(2)7-9-16-20(26)17(10-8-14(3)4)23-19(21(16)27)22(28)25(29-6)24(30-23)18-11-15(5)12-31-18/h6-11,31-32H,12-13H2,1-5H3;7-8,11-12,26-27H,9-10H2,1-6H3. The summed E-state index contributed by atoms with van der Waals surface area (Å²) in [6.07, 6.45) is 8.48. The summed E-state index contributed by atoms with van der Waals surface area (Å²) in [4.78, 5) is 27.2. The summed E-state index contributed by atoms with van der Waals surface area (Å²) < 4.78 is 73.1. The van der Waals surface area contributed by atoms with Crippen LogP contribution in [0.15, 0.2) is 106 Å². The molecular formula is C52H55F3O11S2. The second kappa shape index (κ2) is 21.6. The number of thiophene rings is 1. The average Bonchev–Trinajstić information content (AvgIpc) is 3.70. The molecule has 3 aromatic carbocycles. The van der Waals surface area contributed by atoms with Gasteiger partial charge in [0.1, 0.15) is 44.9 Å². The molecule has 0 aliphatic rings. The Bertz CT molecular complexity index is 3150. The summed E-state index contributed by atoms with van der Waals surface area (Å²) in [5, 5.41) is 46.0. The zero-order valence-corrected chi connectivity index (χ0v) is 41.3. The molecule has 3 aromatic heterocycles. The fourth-order valence-electron chi connectivity index (χ4n) is 7.13. The highest BCUT2D eigenvalue weighted by molar-refractivity contribution is 7.86. The lowest BCUT2D eigenvalue weighted by atomic mass is 9.96. The van der Waals surface area contributed by atoms with E-state index < -0.39 is 37.8 Å². The Morgan fingerprint density at radius 3 is 1.37 bits per heavy atom. The Hall–Kier alpha value is -6.52. The first-order chi connectivity index (χ1) is 31.9. The van der Waals surface area contributed by atoms with E-state index in [2.05, 4.69) is 0 Å². The van der Waals surface area contributed by atoms with E-state index in [0.29, 0.717) is 29.7 Å². The predicted molar refractivity (Wildman–Crippen MR) is 263 cm³/mol. The molecule has 0 saturated carbocycles. The Morgan fingerprint density at radius 2 is 1.01 bits per heavy atom. The summed E-state index contributed by atoms with van der Waals surface area (Å²) in [6.45, 7) is 17.2. The van der Waals surface area contributed by atoms with Gasteiger partial charge in [-0.05, 0) is 129 Å². The second-order valence-electron chi connectivity index (χ2n) is 17.0. The predicted octanol–water partition coefficient (Wildman–Crippen LogP) is 12.8. The Morgan fingerprint density at radius 1 is 0.632 bits per heavy atom. The molecule has 1 atom stereocenters. The molecule has 0 bridgehead atoms. The molecular weight excluding hydrogens is 922 g/mol. The SMILES string of the molecule is COc1c(-c2cc(C)cs2)oc2c(CC=C(C)C)c(O)c(CC=C(C)C)c(O)c2c1=O.COc1c(-c2ccc(S(=O)C(F)(F)F)cc2)oc2c(CC=C(C)C)c(O)c(CC=C(C)C)c(O)c2c1=O. The van der Waals surface area contributed by atoms with Crippen molar-refractivity contribution < 1.29 is 56.1 Å². The minimum atomic E-state index is -4.92. The zero-order chi connectivity index (χ0) is 50.5. The van der Waals surface area contributed by atoms with Gasteiger partial charge in [-0.15, -0.1) is 11.3 Å². The van der Waals surface area contributed by atoms with Crippen LogP contribution in [0.4, 0.5) is 13.2 Å². The number of hydrogen-bond acceptors (Lipinski definition) is 12. The Kier molecular flexibility index (Phi) is 16.7. The van der Waals surface area contributed by atoms with Crippen LogP contribution in [0, 0.1) is 6.92 Å². The van der Waals surface area contributed by atoms with Gasteiger partial charge in [-0.3, -0.25) is 9.59 Å². The first-order valence-corrected chi connectivity index (χ1v) is 23.3. The average molecular weight is 977 g/mol. The van der Waals surface area contributed by atoms with Gasteiger partial charge in [0.2, 0.25) is 22.4 Å². The van der Waals surface area contributed by atoms with E-state index in [1.165, 1.54) is 37.7 Å². The summed E-state index contributed by atoms with van der Waals surface area (Å²) in [6, 6.07) is 6.40. The molecule has 0 fully saturated rings. The smallest absolute Gasteiger partial charge is 0.475 e. The molecule has 0 aliphatic carbocycles. The molecule has 0 spiro atoms. The number of rotatable bonds is 13. The van der Waals surface area contributed by atoms with Gasteiger partial charge in [-0.1, -0.05) is 46.6 Å². The van der Waals surface area contributed by atoms with Gasteiger partial charge in [-0.2, -0.15) is 13.2 Å². The number of benzene rings is 3.